The minimum Gasteiger partial charge on any atom is -0.496 e. The van der Waals surface area contributed by atoms with Gasteiger partial charge in [-0.25, -0.2) is 9.78 Å². The zero-order chi connectivity index (χ0) is 16.8. The lowest BCUT2D eigenvalue weighted by Crippen LogP contribution is -2.12. The summed E-state index contributed by atoms with van der Waals surface area (Å²) in [5.74, 6) is -0.286. The molecule has 0 spiro atoms. The van der Waals surface area contributed by atoms with Crippen LogP contribution in [-0.4, -0.2) is 38.0 Å². The van der Waals surface area contributed by atoms with E-state index in [4.69, 9.17) is 4.74 Å². The maximum Gasteiger partial charge on any atom is 0.339 e. The molecule has 0 aliphatic carbocycles. The first kappa shape index (κ1) is 15.1. The SMILES string of the molecule is COc1ccc(-c2nc3cc(C(C)(C)C)[nH]n3n2)cc1C(=O)O. The Kier molecular flexibility index (Phi) is 3.35. The van der Waals surface area contributed by atoms with E-state index >= 15 is 0 Å². The van der Waals surface area contributed by atoms with E-state index in [0.29, 0.717) is 22.8 Å². The first-order valence-electron chi connectivity index (χ1n) is 7.17. The maximum atomic E-state index is 11.3. The van der Waals surface area contributed by atoms with Crippen LogP contribution >= 0.6 is 0 Å². The summed E-state index contributed by atoms with van der Waals surface area (Å²) in [4.78, 5) is 15.8. The van der Waals surface area contributed by atoms with Crippen molar-refractivity contribution in [2.24, 2.45) is 0 Å². The first-order valence-corrected chi connectivity index (χ1v) is 7.17. The molecule has 2 aromatic heterocycles. The molecule has 2 N–H and O–H groups in total. The second kappa shape index (κ2) is 5.12. The van der Waals surface area contributed by atoms with E-state index in [1.54, 1.807) is 16.8 Å². The van der Waals surface area contributed by atoms with Crippen LogP contribution in [0.2, 0.25) is 0 Å². The molecule has 3 aromatic rings. The summed E-state index contributed by atoms with van der Waals surface area (Å²) in [6.45, 7) is 6.30. The van der Waals surface area contributed by atoms with Crippen LogP contribution in [0.4, 0.5) is 0 Å². The summed E-state index contributed by atoms with van der Waals surface area (Å²) in [7, 11) is 1.44. The highest BCUT2D eigenvalue weighted by molar-refractivity contribution is 5.92. The number of carboxylic acid groups (broad SMARTS) is 1. The third kappa shape index (κ3) is 2.65. The van der Waals surface area contributed by atoms with Gasteiger partial charge in [0.1, 0.15) is 11.3 Å². The van der Waals surface area contributed by atoms with Crippen molar-refractivity contribution in [3.63, 3.8) is 0 Å². The van der Waals surface area contributed by atoms with Crippen LogP contribution in [0.25, 0.3) is 17.0 Å². The van der Waals surface area contributed by atoms with Gasteiger partial charge in [0.25, 0.3) is 0 Å². The lowest BCUT2D eigenvalue weighted by Gasteiger charge is -2.14. The minimum atomic E-state index is -1.05. The molecule has 0 amide bonds. The van der Waals surface area contributed by atoms with E-state index in [9.17, 15) is 9.90 Å². The molecular formula is C16H18N4O3. The second-order valence-electron chi connectivity index (χ2n) is 6.35. The van der Waals surface area contributed by atoms with Crippen molar-refractivity contribution in [2.75, 3.05) is 7.11 Å². The summed E-state index contributed by atoms with van der Waals surface area (Å²) in [5, 5.41) is 16.8. The smallest absolute Gasteiger partial charge is 0.339 e. The molecular weight excluding hydrogens is 296 g/mol. The standard InChI is InChI=1S/C16H18N4O3/c1-16(2,3)12-8-13-17-14(19-20(13)18-12)9-5-6-11(23-4)10(7-9)15(21)22/h5-8,18H,1-4H3,(H,21,22). The fourth-order valence-electron chi connectivity index (χ4n) is 2.30. The Hall–Kier alpha value is -2.83. The van der Waals surface area contributed by atoms with Gasteiger partial charge in [-0.15, -0.1) is 5.10 Å². The Morgan fingerprint density at radius 2 is 2.04 bits per heavy atom. The molecule has 0 fully saturated rings. The highest BCUT2D eigenvalue weighted by atomic mass is 16.5. The molecule has 0 unspecified atom stereocenters. The number of fused-ring (bicyclic) bond motifs is 1. The molecule has 0 aliphatic rings. The van der Waals surface area contributed by atoms with Crippen LogP contribution in [-0.2, 0) is 5.41 Å². The number of H-pyrrole nitrogens is 1. The van der Waals surface area contributed by atoms with Gasteiger partial charge in [0, 0.05) is 22.7 Å². The average molecular weight is 314 g/mol. The molecule has 2 heterocycles. The number of benzene rings is 1. The number of nitrogens with zero attached hydrogens (tertiary/aromatic N) is 3. The Bertz CT molecular complexity index is 855. The van der Waals surface area contributed by atoms with Gasteiger partial charge in [-0.3, -0.25) is 5.10 Å². The average Bonchev–Trinajstić information content (AvgIpc) is 3.04. The van der Waals surface area contributed by atoms with Crippen molar-refractivity contribution in [1.29, 1.82) is 0 Å². The van der Waals surface area contributed by atoms with Crippen molar-refractivity contribution >= 4 is 11.6 Å². The second-order valence-corrected chi connectivity index (χ2v) is 6.35. The van der Waals surface area contributed by atoms with Gasteiger partial charge in [-0.2, -0.15) is 4.63 Å². The summed E-state index contributed by atoms with van der Waals surface area (Å²) in [5.41, 5.74) is 2.40. The quantitative estimate of drug-likeness (QED) is 0.775. The topological polar surface area (TPSA) is 92.5 Å². The number of methoxy groups -OCH3 is 1. The van der Waals surface area contributed by atoms with E-state index in [2.05, 4.69) is 36.0 Å². The fraction of sp³-hybridized carbons (Fsp3) is 0.312. The Labute approximate surface area is 132 Å². The Morgan fingerprint density at radius 3 is 2.61 bits per heavy atom. The van der Waals surface area contributed by atoms with E-state index in [-0.39, 0.29) is 11.0 Å². The minimum absolute atomic E-state index is 0.0286. The van der Waals surface area contributed by atoms with Gasteiger partial charge in [0.2, 0.25) is 0 Å². The van der Waals surface area contributed by atoms with Gasteiger partial charge < -0.3 is 9.84 Å². The predicted molar refractivity (Wildman–Crippen MR) is 85.0 cm³/mol. The number of hydrogen-bond acceptors (Lipinski definition) is 4. The molecule has 0 aliphatic heterocycles. The van der Waals surface area contributed by atoms with Crippen molar-refractivity contribution in [1.82, 2.24) is 19.8 Å². The number of carbonyl (C=O) groups is 1. The van der Waals surface area contributed by atoms with E-state index < -0.39 is 5.97 Å². The Balaban J connectivity index is 2.05. The van der Waals surface area contributed by atoms with Crippen LogP contribution in [0.3, 0.4) is 0 Å². The number of ether oxygens (including phenoxy) is 1. The maximum absolute atomic E-state index is 11.3. The third-order valence-electron chi connectivity index (χ3n) is 3.63. The molecule has 1 aromatic carbocycles. The van der Waals surface area contributed by atoms with Gasteiger partial charge in [0.05, 0.1) is 7.11 Å². The third-order valence-corrected chi connectivity index (χ3v) is 3.63. The van der Waals surface area contributed by atoms with E-state index in [1.165, 1.54) is 13.2 Å². The first-order chi connectivity index (χ1) is 10.8. The number of aromatic carboxylic acids is 1. The highest BCUT2D eigenvalue weighted by Crippen LogP contribution is 2.26. The van der Waals surface area contributed by atoms with Gasteiger partial charge in [-0.05, 0) is 18.2 Å². The molecule has 0 radical (unpaired) electrons. The number of aromatic nitrogens is 4. The highest BCUT2D eigenvalue weighted by Gasteiger charge is 2.19. The normalized spacial score (nSPS) is 11.8. The van der Waals surface area contributed by atoms with Crippen LogP contribution in [0.5, 0.6) is 5.75 Å². The molecule has 0 bridgehead atoms. The van der Waals surface area contributed by atoms with Crippen LogP contribution in [0.1, 0.15) is 36.8 Å². The zero-order valence-electron chi connectivity index (χ0n) is 13.4. The predicted octanol–water partition coefficient (Wildman–Crippen LogP) is 2.73. The molecule has 7 nitrogen and oxygen atoms in total. The van der Waals surface area contributed by atoms with Crippen molar-refractivity contribution in [3.05, 3.63) is 35.5 Å². The van der Waals surface area contributed by atoms with Crippen molar-refractivity contribution < 1.29 is 14.6 Å². The molecule has 0 atom stereocenters. The van der Waals surface area contributed by atoms with Crippen LogP contribution < -0.4 is 4.74 Å². The van der Waals surface area contributed by atoms with Crippen LogP contribution in [0, 0.1) is 0 Å². The number of carboxylic acids is 1. The van der Waals surface area contributed by atoms with Crippen molar-refractivity contribution in [2.45, 2.75) is 26.2 Å². The van der Waals surface area contributed by atoms with Crippen LogP contribution in [0.15, 0.2) is 24.3 Å². The Morgan fingerprint density at radius 1 is 1.30 bits per heavy atom. The number of hydrogen-bond donors (Lipinski definition) is 2. The summed E-state index contributed by atoms with van der Waals surface area (Å²) in [6, 6.07) is 6.80. The molecule has 120 valence electrons. The van der Waals surface area contributed by atoms with Gasteiger partial charge in [-0.1, -0.05) is 20.8 Å². The monoisotopic (exact) mass is 314 g/mol. The lowest BCUT2D eigenvalue weighted by atomic mass is 9.93. The summed E-state index contributed by atoms with van der Waals surface area (Å²) >= 11 is 0. The summed E-state index contributed by atoms with van der Waals surface area (Å²) in [6.07, 6.45) is 0. The zero-order valence-corrected chi connectivity index (χ0v) is 13.4. The van der Waals surface area contributed by atoms with E-state index in [1.807, 2.05) is 6.07 Å². The molecule has 0 saturated heterocycles. The lowest BCUT2D eigenvalue weighted by molar-refractivity contribution is 0.0693. The van der Waals surface area contributed by atoms with E-state index in [0.717, 1.165) is 5.69 Å². The molecule has 0 saturated carbocycles. The van der Waals surface area contributed by atoms with Gasteiger partial charge >= 0.3 is 5.97 Å². The van der Waals surface area contributed by atoms with Gasteiger partial charge in [0.15, 0.2) is 11.5 Å². The molecule has 3 rings (SSSR count). The number of nitrogens with one attached hydrogen (secondary N) is 1. The largest absolute Gasteiger partial charge is 0.496 e. The molecule has 23 heavy (non-hydrogen) atoms. The molecule has 7 heteroatoms. The summed E-state index contributed by atoms with van der Waals surface area (Å²) < 4.78 is 6.66. The number of rotatable bonds is 3. The number of aromatic amines is 1. The van der Waals surface area contributed by atoms with Crippen molar-refractivity contribution in [3.8, 4) is 17.1 Å². The fourth-order valence-corrected chi connectivity index (χ4v) is 2.30.